The first-order valence-corrected chi connectivity index (χ1v) is 5.29. The summed E-state index contributed by atoms with van der Waals surface area (Å²) in [5, 5.41) is 0. The van der Waals surface area contributed by atoms with Crippen molar-refractivity contribution in [1.29, 1.82) is 0 Å². The standard InChI is InChI=1S/C11H15N3O/c1-9-11(13-5-4-12-9)14-6-2-10(8-15)3-7-14/h4-5,8,10H,2-3,6-7H2,1H3. The lowest BCUT2D eigenvalue weighted by molar-refractivity contribution is -0.111. The molecule has 1 aromatic heterocycles. The van der Waals surface area contributed by atoms with Gasteiger partial charge in [0.05, 0.1) is 5.69 Å². The van der Waals surface area contributed by atoms with Gasteiger partial charge in [0, 0.05) is 31.4 Å². The monoisotopic (exact) mass is 205 g/mol. The van der Waals surface area contributed by atoms with Gasteiger partial charge in [0.25, 0.3) is 0 Å². The molecule has 0 radical (unpaired) electrons. The smallest absolute Gasteiger partial charge is 0.150 e. The number of aldehydes is 1. The molecule has 0 aliphatic carbocycles. The Morgan fingerprint density at radius 1 is 1.33 bits per heavy atom. The van der Waals surface area contributed by atoms with E-state index in [4.69, 9.17) is 0 Å². The van der Waals surface area contributed by atoms with E-state index >= 15 is 0 Å². The van der Waals surface area contributed by atoms with Gasteiger partial charge in [0.1, 0.15) is 12.1 Å². The first-order valence-electron chi connectivity index (χ1n) is 5.29. The van der Waals surface area contributed by atoms with Crippen LogP contribution in [0.2, 0.25) is 0 Å². The summed E-state index contributed by atoms with van der Waals surface area (Å²) >= 11 is 0. The van der Waals surface area contributed by atoms with Gasteiger partial charge in [-0.2, -0.15) is 0 Å². The summed E-state index contributed by atoms with van der Waals surface area (Å²) in [5.41, 5.74) is 0.960. The summed E-state index contributed by atoms with van der Waals surface area (Å²) in [7, 11) is 0. The maximum Gasteiger partial charge on any atom is 0.150 e. The van der Waals surface area contributed by atoms with E-state index in [0.29, 0.717) is 0 Å². The van der Waals surface area contributed by atoms with Crippen molar-refractivity contribution in [3.8, 4) is 0 Å². The average molecular weight is 205 g/mol. The SMILES string of the molecule is Cc1nccnc1N1CCC(C=O)CC1. The van der Waals surface area contributed by atoms with Crippen molar-refractivity contribution in [3.63, 3.8) is 0 Å². The van der Waals surface area contributed by atoms with E-state index in [-0.39, 0.29) is 5.92 Å². The first kappa shape index (κ1) is 10.1. The molecule has 0 amide bonds. The van der Waals surface area contributed by atoms with Gasteiger partial charge < -0.3 is 9.69 Å². The van der Waals surface area contributed by atoms with Crippen LogP contribution in [-0.2, 0) is 4.79 Å². The predicted octanol–water partition coefficient (Wildman–Crippen LogP) is 1.20. The van der Waals surface area contributed by atoms with Crippen molar-refractivity contribution < 1.29 is 4.79 Å². The summed E-state index contributed by atoms with van der Waals surface area (Å²) in [5.74, 6) is 1.19. The van der Waals surface area contributed by atoms with Crippen LogP contribution < -0.4 is 4.90 Å². The van der Waals surface area contributed by atoms with Crippen molar-refractivity contribution in [2.45, 2.75) is 19.8 Å². The maximum atomic E-state index is 10.6. The number of aryl methyl sites for hydroxylation is 1. The number of rotatable bonds is 2. The average Bonchev–Trinajstić information content (AvgIpc) is 2.30. The summed E-state index contributed by atoms with van der Waals surface area (Å²) in [6, 6.07) is 0. The van der Waals surface area contributed by atoms with E-state index in [2.05, 4.69) is 14.9 Å². The number of hydrogen-bond acceptors (Lipinski definition) is 4. The number of aromatic nitrogens is 2. The number of piperidine rings is 1. The molecular weight excluding hydrogens is 190 g/mol. The van der Waals surface area contributed by atoms with Crippen LogP contribution in [-0.4, -0.2) is 29.3 Å². The van der Waals surface area contributed by atoms with Gasteiger partial charge in [0.15, 0.2) is 0 Å². The molecule has 4 heteroatoms. The molecule has 80 valence electrons. The Morgan fingerprint density at radius 3 is 2.60 bits per heavy atom. The molecule has 1 aromatic rings. The molecular formula is C11H15N3O. The molecule has 4 nitrogen and oxygen atoms in total. The minimum atomic E-state index is 0.234. The molecule has 0 atom stereocenters. The summed E-state index contributed by atoms with van der Waals surface area (Å²) in [4.78, 5) is 21.4. The zero-order valence-corrected chi connectivity index (χ0v) is 8.89. The lowest BCUT2D eigenvalue weighted by atomic mass is 9.98. The fourth-order valence-electron chi connectivity index (χ4n) is 1.96. The molecule has 0 aromatic carbocycles. The van der Waals surface area contributed by atoms with E-state index < -0.39 is 0 Å². The largest absolute Gasteiger partial charge is 0.355 e. The third kappa shape index (κ3) is 2.14. The topological polar surface area (TPSA) is 46.1 Å². The second kappa shape index (κ2) is 4.38. The zero-order chi connectivity index (χ0) is 10.7. The van der Waals surface area contributed by atoms with Crippen molar-refractivity contribution in [3.05, 3.63) is 18.1 Å². The maximum absolute atomic E-state index is 10.6. The van der Waals surface area contributed by atoms with Gasteiger partial charge in [-0.3, -0.25) is 4.98 Å². The quantitative estimate of drug-likeness (QED) is 0.681. The van der Waals surface area contributed by atoms with Crippen LogP contribution in [0.4, 0.5) is 5.82 Å². The normalized spacial score (nSPS) is 17.8. The fraction of sp³-hybridized carbons (Fsp3) is 0.545. The lowest BCUT2D eigenvalue weighted by Crippen LogP contribution is -2.35. The van der Waals surface area contributed by atoms with Crippen molar-refractivity contribution in [2.24, 2.45) is 5.92 Å². The van der Waals surface area contributed by atoms with Crippen LogP contribution >= 0.6 is 0 Å². The lowest BCUT2D eigenvalue weighted by Gasteiger charge is -2.31. The number of nitrogens with zero attached hydrogens (tertiary/aromatic N) is 3. The van der Waals surface area contributed by atoms with E-state index in [1.807, 2.05) is 6.92 Å². The van der Waals surface area contributed by atoms with Crippen LogP contribution in [0.15, 0.2) is 12.4 Å². The minimum absolute atomic E-state index is 0.234. The Bertz CT molecular complexity index is 345. The molecule has 1 fully saturated rings. The number of carbonyl (C=O) groups excluding carboxylic acids is 1. The Hall–Kier alpha value is -1.45. The minimum Gasteiger partial charge on any atom is -0.355 e. The Kier molecular flexibility index (Phi) is 2.94. The third-order valence-electron chi connectivity index (χ3n) is 2.89. The second-order valence-electron chi connectivity index (χ2n) is 3.93. The molecule has 0 bridgehead atoms. The molecule has 15 heavy (non-hydrogen) atoms. The molecule has 0 saturated carbocycles. The zero-order valence-electron chi connectivity index (χ0n) is 8.89. The van der Waals surface area contributed by atoms with Gasteiger partial charge in [-0.25, -0.2) is 4.98 Å². The molecule has 1 aliphatic heterocycles. The van der Waals surface area contributed by atoms with E-state index in [9.17, 15) is 4.79 Å². The summed E-state index contributed by atoms with van der Waals surface area (Å²) in [6.07, 6.45) is 6.35. The highest BCUT2D eigenvalue weighted by atomic mass is 16.1. The highest BCUT2D eigenvalue weighted by Gasteiger charge is 2.20. The highest BCUT2D eigenvalue weighted by Crippen LogP contribution is 2.21. The van der Waals surface area contributed by atoms with Crippen LogP contribution in [0, 0.1) is 12.8 Å². The number of hydrogen-bond donors (Lipinski definition) is 0. The Balaban J connectivity index is 2.07. The van der Waals surface area contributed by atoms with Gasteiger partial charge in [-0.1, -0.05) is 0 Å². The van der Waals surface area contributed by atoms with Gasteiger partial charge in [-0.05, 0) is 19.8 Å². The van der Waals surface area contributed by atoms with Crippen LogP contribution in [0.1, 0.15) is 18.5 Å². The molecule has 0 N–H and O–H groups in total. The molecule has 2 rings (SSSR count). The van der Waals surface area contributed by atoms with E-state index in [1.54, 1.807) is 12.4 Å². The van der Waals surface area contributed by atoms with Gasteiger partial charge >= 0.3 is 0 Å². The second-order valence-corrected chi connectivity index (χ2v) is 3.93. The number of anilines is 1. The number of carbonyl (C=O) groups is 1. The Labute approximate surface area is 89.3 Å². The Morgan fingerprint density at radius 2 is 2.00 bits per heavy atom. The third-order valence-corrected chi connectivity index (χ3v) is 2.89. The van der Waals surface area contributed by atoms with Crippen LogP contribution in [0.5, 0.6) is 0 Å². The van der Waals surface area contributed by atoms with Crippen molar-refractivity contribution in [2.75, 3.05) is 18.0 Å². The fourth-order valence-corrected chi connectivity index (χ4v) is 1.96. The molecule has 0 unspecified atom stereocenters. The molecule has 0 spiro atoms. The summed E-state index contributed by atoms with van der Waals surface area (Å²) in [6.45, 7) is 3.78. The molecule has 1 aliphatic rings. The molecule has 1 saturated heterocycles. The predicted molar refractivity (Wildman–Crippen MR) is 57.8 cm³/mol. The molecule has 2 heterocycles. The van der Waals surface area contributed by atoms with Gasteiger partial charge in [-0.15, -0.1) is 0 Å². The van der Waals surface area contributed by atoms with E-state index in [0.717, 1.165) is 43.7 Å². The van der Waals surface area contributed by atoms with Gasteiger partial charge in [0.2, 0.25) is 0 Å². The summed E-state index contributed by atoms with van der Waals surface area (Å²) < 4.78 is 0. The van der Waals surface area contributed by atoms with Crippen LogP contribution in [0.25, 0.3) is 0 Å². The van der Waals surface area contributed by atoms with Crippen molar-refractivity contribution in [1.82, 2.24) is 9.97 Å². The first-order chi connectivity index (χ1) is 7.31. The van der Waals surface area contributed by atoms with Crippen molar-refractivity contribution >= 4 is 12.1 Å². The highest BCUT2D eigenvalue weighted by molar-refractivity contribution is 5.55. The van der Waals surface area contributed by atoms with E-state index in [1.165, 1.54) is 0 Å². The van der Waals surface area contributed by atoms with Crippen LogP contribution in [0.3, 0.4) is 0 Å².